The zero-order valence-electron chi connectivity index (χ0n) is 19.2. The lowest BCUT2D eigenvalue weighted by atomic mass is 10.0. The number of fused-ring (bicyclic) bond motifs is 1. The molecule has 0 unspecified atom stereocenters. The summed E-state index contributed by atoms with van der Waals surface area (Å²) in [5.41, 5.74) is 3.12. The largest absolute Gasteiger partial charge is 0.382 e. The SMILES string of the molecule is C=C(C)c1nc(NCCCNc2ccccn2)cc2c(NC3CCN(C)CC3)cccc12. The van der Waals surface area contributed by atoms with Crippen molar-refractivity contribution in [1.29, 1.82) is 0 Å². The highest BCUT2D eigenvalue weighted by atomic mass is 15.1. The van der Waals surface area contributed by atoms with Crippen LogP contribution in [0.4, 0.5) is 17.3 Å². The van der Waals surface area contributed by atoms with E-state index in [2.05, 4.69) is 63.7 Å². The molecule has 3 aromatic rings. The molecule has 2 aromatic heterocycles. The zero-order valence-corrected chi connectivity index (χ0v) is 19.2. The predicted octanol–water partition coefficient (Wildman–Crippen LogP) is 5.08. The minimum absolute atomic E-state index is 0.507. The van der Waals surface area contributed by atoms with Crippen LogP contribution in [0.1, 0.15) is 31.9 Å². The number of pyridine rings is 2. The van der Waals surface area contributed by atoms with Gasteiger partial charge in [-0.25, -0.2) is 9.97 Å². The van der Waals surface area contributed by atoms with Gasteiger partial charge in [0.1, 0.15) is 11.6 Å². The Bertz CT molecular complexity index is 1040. The first-order valence-electron chi connectivity index (χ1n) is 11.5. The number of allylic oxidation sites excluding steroid dienone is 1. The number of anilines is 3. The van der Waals surface area contributed by atoms with E-state index in [9.17, 15) is 0 Å². The maximum absolute atomic E-state index is 4.88. The quantitative estimate of drug-likeness (QED) is 0.411. The van der Waals surface area contributed by atoms with Crippen molar-refractivity contribution >= 4 is 33.7 Å². The van der Waals surface area contributed by atoms with E-state index >= 15 is 0 Å². The fourth-order valence-corrected chi connectivity index (χ4v) is 4.18. The Hall–Kier alpha value is -3.12. The lowest BCUT2D eigenvalue weighted by Crippen LogP contribution is -2.36. The Morgan fingerprint density at radius 1 is 1.03 bits per heavy atom. The molecule has 4 rings (SSSR count). The Morgan fingerprint density at radius 2 is 1.81 bits per heavy atom. The molecule has 0 atom stereocenters. The van der Waals surface area contributed by atoms with Gasteiger partial charge in [-0.15, -0.1) is 0 Å². The number of nitrogens with zero attached hydrogens (tertiary/aromatic N) is 3. The third-order valence-corrected chi connectivity index (χ3v) is 5.99. The summed E-state index contributed by atoms with van der Waals surface area (Å²) in [4.78, 5) is 11.6. The molecule has 0 radical (unpaired) electrons. The van der Waals surface area contributed by atoms with Crippen LogP contribution in [-0.2, 0) is 0 Å². The summed E-state index contributed by atoms with van der Waals surface area (Å²) in [5, 5.41) is 13.0. The van der Waals surface area contributed by atoms with Crippen molar-refractivity contribution in [2.45, 2.75) is 32.2 Å². The van der Waals surface area contributed by atoms with Gasteiger partial charge in [0.25, 0.3) is 0 Å². The lowest BCUT2D eigenvalue weighted by molar-refractivity contribution is 0.264. The standard InChI is InChI=1S/C26H34N6/c1-19(2)26-21-8-6-9-23(30-20-11-16-32(3)17-12-20)22(21)18-25(31-26)29-15-7-14-28-24-10-4-5-13-27-24/h4-6,8-10,13,18,20,30H,1,7,11-12,14-17H2,2-3H3,(H,27,28)(H,29,31). The maximum atomic E-state index is 4.88. The van der Waals surface area contributed by atoms with Gasteiger partial charge in [0, 0.05) is 41.8 Å². The van der Waals surface area contributed by atoms with Crippen molar-refractivity contribution < 1.29 is 0 Å². The van der Waals surface area contributed by atoms with Gasteiger partial charge >= 0.3 is 0 Å². The summed E-state index contributed by atoms with van der Waals surface area (Å²) >= 11 is 0. The minimum Gasteiger partial charge on any atom is -0.382 e. The van der Waals surface area contributed by atoms with Crippen LogP contribution >= 0.6 is 0 Å². The molecule has 0 bridgehead atoms. The van der Waals surface area contributed by atoms with Crippen molar-refractivity contribution in [2.75, 3.05) is 49.2 Å². The van der Waals surface area contributed by atoms with Crippen LogP contribution in [0, 0.1) is 0 Å². The number of rotatable bonds is 9. The van der Waals surface area contributed by atoms with E-state index in [1.165, 1.54) is 23.9 Å². The molecule has 32 heavy (non-hydrogen) atoms. The Balaban J connectivity index is 1.46. The molecule has 6 nitrogen and oxygen atoms in total. The van der Waals surface area contributed by atoms with Gasteiger partial charge in [0.15, 0.2) is 0 Å². The summed E-state index contributed by atoms with van der Waals surface area (Å²) in [6, 6.07) is 15.0. The minimum atomic E-state index is 0.507. The van der Waals surface area contributed by atoms with Crippen LogP contribution in [0.25, 0.3) is 16.3 Å². The molecule has 0 saturated carbocycles. The molecule has 168 valence electrons. The van der Waals surface area contributed by atoms with Crippen LogP contribution < -0.4 is 16.0 Å². The molecule has 1 saturated heterocycles. The molecule has 3 heterocycles. The van der Waals surface area contributed by atoms with Gasteiger partial charge < -0.3 is 20.9 Å². The van der Waals surface area contributed by atoms with E-state index in [4.69, 9.17) is 4.98 Å². The summed E-state index contributed by atoms with van der Waals surface area (Å²) in [7, 11) is 2.20. The van der Waals surface area contributed by atoms with Crippen LogP contribution in [0.2, 0.25) is 0 Å². The molecule has 0 amide bonds. The highest BCUT2D eigenvalue weighted by Gasteiger charge is 2.18. The van der Waals surface area contributed by atoms with E-state index in [0.717, 1.165) is 60.9 Å². The fraction of sp³-hybridized carbons (Fsp3) is 0.385. The highest BCUT2D eigenvalue weighted by Crippen LogP contribution is 2.31. The van der Waals surface area contributed by atoms with Gasteiger partial charge in [0.2, 0.25) is 0 Å². The fourth-order valence-electron chi connectivity index (χ4n) is 4.18. The monoisotopic (exact) mass is 430 g/mol. The topological polar surface area (TPSA) is 65.1 Å². The van der Waals surface area contributed by atoms with Gasteiger partial charge in [-0.05, 0) is 76.2 Å². The molecule has 0 spiro atoms. The Kier molecular flexibility index (Phi) is 7.22. The van der Waals surface area contributed by atoms with Gasteiger partial charge in [0.05, 0.1) is 5.69 Å². The number of hydrogen-bond acceptors (Lipinski definition) is 6. The second-order valence-electron chi connectivity index (χ2n) is 8.68. The first-order chi connectivity index (χ1) is 15.6. The predicted molar refractivity (Wildman–Crippen MR) is 136 cm³/mol. The van der Waals surface area contributed by atoms with Gasteiger partial charge in [-0.3, -0.25) is 0 Å². The average Bonchev–Trinajstić information content (AvgIpc) is 2.81. The van der Waals surface area contributed by atoms with Gasteiger partial charge in [-0.1, -0.05) is 24.8 Å². The maximum Gasteiger partial charge on any atom is 0.127 e. The lowest BCUT2D eigenvalue weighted by Gasteiger charge is -2.30. The van der Waals surface area contributed by atoms with E-state index in [1.807, 2.05) is 25.1 Å². The number of hydrogen-bond donors (Lipinski definition) is 3. The molecule has 0 aliphatic carbocycles. The van der Waals surface area contributed by atoms with Crippen LogP contribution in [0.3, 0.4) is 0 Å². The molecule has 3 N–H and O–H groups in total. The summed E-state index contributed by atoms with van der Waals surface area (Å²) in [6.07, 6.45) is 5.10. The van der Waals surface area contributed by atoms with E-state index < -0.39 is 0 Å². The van der Waals surface area contributed by atoms with Crippen LogP contribution in [0.5, 0.6) is 0 Å². The third-order valence-electron chi connectivity index (χ3n) is 5.99. The molecule has 1 aliphatic heterocycles. The van der Waals surface area contributed by atoms with Crippen LogP contribution in [0.15, 0.2) is 55.2 Å². The van der Waals surface area contributed by atoms with Crippen molar-refractivity contribution in [3.63, 3.8) is 0 Å². The number of aromatic nitrogens is 2. The average molecular weight is 431 g/mol. The molecule has 1 aromatic carbocycles. The molecule has 1 aliphatic rings. The van der Waals surface area contributed by atoms with Crippen molar-refractivity contribution in [2.24, 2.45) is 0 Å². The Morgan fingerprint density at radius 3 is 2.53 bits per heavy atom. The second kappa shape index (κ2) is 10.5. The number of benzene rings is 1. The number of likely N-dealkylation sites (tertiary alicyclic amines) is 1. The molecule has 6 heteroatoms. The molecule has 1 fully saturated rings. The molecular formula is C26H34N6. The smallest absolute Gasteiger partial charge is 0.127 e. The second-order valence-corrected chi connectivity index (χ2v) is 8.68. The number of piperidine rings is 1. The highest BCUT2D eigenvalue weighted by molar-refractivity contribution is 6.00. The first-order valence-corrected chi connectivity index (χ1v) is 11.5. The summed E-state index contributed by atoms with van der Waals surface area (Å²) in [6.45, 7) is 10.2. The normalized spacial score (nSPS) is 14.9. The molecular weight excluding hydrogens is 396 g/mol. The summed E-state index contributed by atoms with van der Waals surface area (Å²) < 4.78 is 0. The van der Waals surface area contributed by atoms with E-state index in [0.29, 0.717) is 6.04 Å². The van der Waals surface area contributed by atoms with Crippen molar-refractivity contribution in [3.8, 4) is 0 Å². The van der Waals surface area contributed by atoms with E-state index in [-0.39, 0.29) is 0 Å². The number of nitrogens with one attached hydrogen (secondary N) is 3. The van der Waals surface area contributed by atoms with Crippen LogP contribution in [-0.4, -0.2) is 54.1 Å². The summed E-state index contributed by atoms with van der Waals surface area (Å²) in [5.74, 6) is 1.80. The van der Waals surface area contributed by atoms with Gasteiger partial charge in [-0.2, -0.15) is 0 Å². The third kappa shape index (κ3) is 5.56. The first kappa shape index (κ1) is 22.1. The zero-order chi connectivity index (χ0) is 22.3. The Labute approximate surface area is 191 Å². The van der Waals surface area contributed by atoms with E-state index in [1.54, 1.807) is 6.20 Å². The van der Waals surface area contributed by atoms with Crippen molar-refractivity contribution in [3.05, 3.63) is 60.9 Å². The van der Waals surface area contributed by atoms with Crippen molar-refractivity contribution in [1.82, 2.24) is 14.9 Å².